The molecule has 0 aromatic carbocycles. The Kier molecular flexibility index (Phi) is 4.53. The number of aromatic nitrogens is 6. The van der Waals surface area contributed by atoms with Crippen molar-refractivity contribution in [2.45, 2.75) is 44.7 Å². The van der Waals surface area contributed by atoms with Crippen LogP contribution in [0.25, 0.3) is 22.1 Å². The lowest BCUT2D eigenvalue weighted by molar-refractivity contribution is 0.0953. The molecule has 1 saturated carbocycles. The topological polar surface area (TPSA) is 108 Å². The van der Waals surface area contributed by atoms with E-state index in [1.807, 2.05) is 12.3 Å². The maximum atomic E-state index is 12.8. The van der Waals surface area contributed by atoms with Crippen molar-refractivity contribution in [1.82, 2.24) is 34.6 Å². The van der Waals surface area contributed by atoms with Crippen molar-refractivity contribution >= 4 is 28.0 Å². The summed E-state index contributed by atoms with van der Waals surface area (Å²) >= 11 is 0. The zero-order chi connectivity index (χ0) is 21.6. The van der Waals surface area contributed by atoms with Crippen molar-refractivity contribution in [3.63, 3.8) is 0 Å². The fraction of sp³-hybridized carbons (Fsp3) is 0.364. The summed E-state index contributed by atoms with van der Waals surface area (Å²) in [6, 6.07) is 4.03. The highest BCUT2D eigenvalue weighted by Gasteiger charge is 2.38. The summed E-state index contributed by atoms with van der Waals surface area (Å²) in [5, 5.41) is 8.10. The standard InChI is InChI=1S/C22H23N7O2/c1-14-11-28(20-15(14)6-5-9-25-20)22(7-3-4-8-22)12-29-16-10-24-13-26-17(16)19(30)18(27-29)21(31)23-2/h5-6,9-11,13H,3-4,7-8,12H2,1-2H3,(H,23,31). The van der Waals surface area contributed by atoms with Crippen LogP contribution in [-0.2, 0) is 12.1 Å². The second-order valence-corrected chi connectivity index (χ2v) is 8.16. The van der Waals surface area contributed by atoms with Crippen LogP contribution in [0.4, 0.5) is 0 Å². The Morgan fingerprint density at radius 2 is 2.06 bits per heavy atom. The SMILES string of the molecule is CNC(=O)c1nn(CC2(n3cc(C)c4cccnc43)CCCC2)c2cncnc2c1=O. The first-order valence-corrected chi connectivity index (χ1v) is 10.4. The lowest BCUT2D eigenvalue weighted by atomic mass is 9.97. The molecule has 0 aliphatic heterocycles. The minimum Gasteiger partial charge on any atom is -0.354 e. The molecule has 0 bridgehead atoms. The third-order valence-corrected chi connectivity index (χ3v) is 6.32. The van der Waals surface area contributed by atoms with E-state index in [4.69, 9.17) is 0 Å². The number of fused-ring (bicyclic) bond motifs is 2. The van der Waals surface area contributed by atoms with E-state index in [2.05, 4.69) is 49.1 Å². The highest BCUT2D eigenvalue weighted by Crippen LogP contribution is 2.41. The average Bonchev–Trinajstić information content (AvgIpc) is 3.41. The number of hydrogen-bond donors (Lipinski definition) is 1. The number of rotatable bonds is 4. The molecule has 1 amide bonds. The van der Waals surface area contributed by atoms with Gasteiger partial charge in [0.1, 0.15) is 23.0 Å². The largest absolute Gasteiger partial charge is 0.354 e. The summed E-state index contributed by atoms with van der Waals surface area (Å²) in [5.41, 5.74) is 1.91. The number of carbonyl (C=O) groups excluding carboxylic acids is 1. The Bertz CT molecular complexity index is 1370. The molecule has 5 rings (SSSR count). The maximum Gasteiger partial charge on any atom is 0.275 e. The monoisotopic (exact) mass is 417 g/mol. The van der Waals surface area contributed by atoms with Crippen LogP contribution >= 0.6 is 0 Å². The van der Waals surface area contributed by atoms with Gasteiger partial charge >= 0.3 is 0 Å². The van der Waals surface area contributed by atoms with Crippen LogP contribution in [0, 0.1) is 6.92 Å². The van der Waals surface area contributed by atoms with Gasteiger partial charge in [-0.05, 0) is 37.5 Å². The van der Waals surface area contributed by atoms with Crippen LogP contribution in [0.1, 0.15) is 41.7 Å². The highest BCUT2D eigenvalue weighted by molar-refractivity contribution is 5.94. The molecule has 9 nitrogen and oxygen atoms in total. The summed E-state index contributed by atoms with van der Waals surface area (Å²) in [6.07, 6.45) is 10.9. The summed E-state index contributed by atoms with van der Waals surface area (Å²) < 4.78 is 3.98. The number of amides is 1. The molecule has 0 unspecified atom stereocenters. The molecule has 1 aliphatic carbocycles. The molecule has 4 heterocycles. The number of aryl methyl sites for hydroxylation is 1. The fourth-order valence-corrected chi connectivity index (χ4v) is 4.78. The van der Waals surface area contributed by atoms with Crippen molar-refractivity contribution in [2.24, 2.45) is 0 Å². The molecule has 0 spiro atoms. The number of nitrogens with one attached hydrogen (secondary N) is 1. The van der Waals surface area contributed by atoms with Crippen LogP contribution in [0.2, 0.25) is 0 Å². The third-order valence-electron chi connectivity index (χ3n) is 6.32. The molecule has 158 valence electrons. The first kappa shape index (κ1) is 19.3. The molecule has 4 aromatic heterocycles. The Morgan fingerprint density at radius 1 is 1.26 bits per heavy atom. The van der Waals surface area contributed by atoms with Crippen molar-refractivity contribution < 1.29 is 4.79 Å². The van der Waals surface area contributed by atoms with Crippen molar-refractivity contribution in [2.75, 3.05) is 7.05 Å². The molecule has 0 saturated heterocycles. The van der Waals surface area contributed by atoms with Crippen LogP contribution < -0.4 is 10.7 Å². The summed E-state index contributed by atoms with van der Waals surface area (Å²) in [6.45, 7) is 2.58. The molecular weight excluding hydrogens is 394 g/mol. The Balaban J connectivity index is 1.72. The van der Waals surface area contributed by atoms with E-state index in [0.29, 0.717) is 12.1 Å². The van der Waals surface area contributed by atoms with Crippen molar-refractivity contribution in [1.29, 1.82) is 0 Å². The second kappa shape index (κ2) is 7.26. The van der Waals surface area contributed by atoms with E-state index in [1.54, 1.807) is 10.9 Å². The summed E-state index contributed by atoms with van der Waals surface area (Å²) in [5.74, 6) is -0.524. The summed E-state index contributed by atoms with van der Waals surface area (Å²) in [7, 11) is 1.48. The molecule has 0 radical (unpaired) electrons. The van der Waals surface area contributed by atoms with E-state index in [1.165, 1.54) is 18.9 Å². The second-order valence-electron chi connectivity index (χ2n) is 8.16. The van der Waals surface area contributed by atoms with Gasteiger partial charge in [0, 0.05) is 24.8 Å². The number of hydrogen-bond acceptors (Lipinski definition) is 6. The lowest BCUT2D eigenvalue weighted by Crippen LogP contribution is -2.38. The minimum absolute atomic E-state index is 0.159. The van der Waals surface area contributed by atoms with E-state index in [-0.39, 0.29) is 16.7 Å². The maximum absolute atomic E-state index is 12.8. The smallest absolute Gasteiger partial charge is 0.275 e. The van der Waals surface area contributed by atoms with E-state index in [0.717, 1.165) is 36.7 Å². The molecule has 1 N–H and O–H groups in total. The highest BCUT2D eigenvalue weighted by atomic mass is 16.2. The number of nitrogens with zero attached hydrogens (tertiary/aromatic N) is 6. The Hall–Kier alpha value is -3.62. The van der Waals surface area contributed by atoms with Gasteiger partial charge in [0.05, 0.1) is 18.3 Å². The average molecular weight is 417 g/mol. The van der Waals surface area contributed by atoms with E-state index < -0.39 is 11.3 Å². The van der Waals surface area contributed by atoms with Gasteiger partial charge in [-0.1, -0.05) is 12.8 Å². The van der Waals surface area contributed by atoms with E-state index >= 15 is 0 Å². The van der Waals surface area contributed by atoms with Gasteiger partial charge in [-0.3, -0.25) is 14.3 Å². The molecule has 1 fully saturated rings. The minimum atomic E-state index is -0.524. The van der Waals surface area contributed by atoms with Crippen molar-refractivity contribution in [3.05, 3.63) is 58.5 Å². The van der Waals surface area contributed by atoms with Gasteiger partial charge < -0.3 is 9.88 Å². The first-order valence-electron chi connectivity index (χ1n) is 10.4. The first-order chi connectivity index (χ1) is 15.0. The Morgan fingerprint density at radius 3 is 2.84 bits per heavy atom. The quantitative estimate of drug-likeness (QED) is 0.545. The Labute approximate surface area is 178 Å². The van der Waals surface area contributed by atoms with Gasteiger partial charge in [0.2, 0.25) is 5.43 Å². The zero-order valence-corrected chi connectivity index (χ0v) is 17.5. The van der Waals surface area contributed by atoms with Gasteiger partial charge in [0.15, 0.2) is 5.69 Å². The summed E-state index contributed by atoms with van der Waals surface area (Å²) in [4.78, 5) is 38.1. The molecule has 31 heavy (non-hydrogen) atoms. The van der Waals surface area contributed by atoms with Crippen molar-refractivity contribution in [3.8, 4) is 0 Å². The van der Waals surface area contributed by atoms with Crippen LogP contribution in [-0.4, -0.2) is 42.3 Å². The molecular formula is C22H23N7O2. The normalized spacial score (nSPS) is 15.5. The lowest BCUT2D eigenvalue weighted by Gasteiger charge is -2.32. The molecule has 9 heteroatoms. The van der Waals surface area contributed by atoms with Crippen LogP contribution in [0.5, 0.6) is 0 Å². The predicted molar refractivity (Wildman–Crippen MR) is 116 cm³/mol. The van der Waals surface area contributed by atoms with Crippen LogP contribution in [0.15, 0.2) is 41.8 Å². The third kappa shape index (κ3) is 2.99. The number of carbonyl (C=O) groups is 1. The zero-order valence-electron chi connectivity index (χ0n) is 17.5. The molecule has 0 atom stereocenters. The van der Waals surface area contributed by atoms with Gasteiger partial charge in [0.25, 0.3) is 5.91 Å². The fourth-order valence-electron chi connectivity index (χ4n) is 4.78. The van der Waals surface area contributed by atoms with Gasteiger partial charge in [-0.25, -0.2) is 15.0 Å². The van der Waals surface area contributed by atoms with Gasteiger partial charge in [-0.2, -0.15) is 5.10 Å². The van der Waals surface area contributed by atoms with Crippen LogP contribution in [0.3, 0.4) is 0 Å². The molecule has 4 aromatic rings. The number of pyridine rings is 1. The molecule has 1 aliphatic rings. The van der Waals surface area contributed by atoms with E-state index in [9.17, 15) is 9.59 Å². The predicted octanol–water partition coefficient (Wildman–Crippen LogP) is 2.17. The van der Waals surface area contributed by atoms with Gasteiger partial charge in [-0.15, -0.1) is 0 Å².